The number of hydrogen-bond donors (Lipinski definition) is 1. The molecule has 1 N–H and O–H groups in total. The monoisotopic (exact) mass is 217 g/mol. The van der Waals surface area contributed by atoms with Gasteiger partial charge in [0.15, 0.2) is 0 Å². The smallest absolute Gasteiger partial charge is 0.00724 e. The lowest BCUT2D eigenvalue weighted by atomic mass is 9.74. The molecular weight excluding hydrogens is 194 g/mol. The van der Waals surface area contributed by atoms with Gasteiger partial charge >= 0.3 is 0 Å². The summed E-state index contributed by atoms with van der Waals surface area (Å²) in [6.07, 6.45) is 3.87. The summed E-state index contributed by atoms with van der Waals surface area (Å²) in [5.41, 5.74) is 3.15. The molecule has 16 heavy (non-hydrogen) atoms. The number of fused-ring (bicyclic) bond motifs is 1. The van der Waals surface area contributed by atoms with Crippen LogP contribution < -0.4 is 5.32 Å². The molecule has 0 saturated carbocycles. The van der Waals surface area contributed by atoms with Gasteiger partial charge in [-0.2, -0.15) is 0 Å². The quantitative estimate of drug-likeness (QED) is 0.797. The molecule has 1 nitrogen and oxygen atoms in total. The zero-order chi connectivity index (χ0) is 11.5. The Kier molecular flexibility index (Phi) is 3.65. The molecule has 0 radical (unpaired) electrons. The first-order chi connectivity index (χ1) is 7.70. The van der Waals surface area contributed by atoms with Crippen LogP contribution >= 0.6 is 0 Å². The minimum atomic E-state index is 0.679. The second kappa shape index (κ2) is 5.01. The number of rotatable bonds is 5. The molecule has 2 atom stereocenters. The highest BCUT2D eigenvalue weighted by molar-refractivity contribution is 5.39. The Balaban J connectivity index is 1.92. The van der Waals surface area contributed by atoms with Gasteiger partial charge in [0.05, 0.1) is 0 Å². The van der Waals surface area contributed by atoms with Gasteiger partial charge in [0, 0.05) is 6.04 Å². The van der Waals surface area contributed by atoms with E-state index in [1.165, 1.54) is 19.3 Å². The molecular formula is C15H23N. The Morgan fingerprint density at radius 3 is 2.69 bits per heavy atom. The maximum Gasteiger partial charge on any atom is 0.00724 e. The lowest BCUT2D eigenvalue weighted by molar-refractivity contribution is 0.379. The van der Waals surface area contributed by atoms with Crippen LogP contribution in [0, 0.1) is 5.92 Å². The Morgan fingerprint density at radius 1 is 1.31 bits per heavy atom. The van der Waals surface area contributed by atoms with Crippen molar-refractivity contribution in [3.8, 4) is 0 Å². The lowest BCUT2D eigenvalue weighted by Crippen LogP contribution is -2.31. The molecule has 0 aliphatic heterocycles. The molecule has 0 amide bonds. The predicted octanol–water partition coefficient (Wildman–Crippen LogP) is 3.35. The summed E-state index contributed by atoms with van der Waals surface area (Å²) in [6.45, 7) is 4.61. The van der Waals surface area contributed by atoms with E-state index in [4.69, 9.17) is 0 Å². The van der Waals surface area contributed by atoms with Gasteiger partial charge in [-0.15, -0.1) is 0 Å². The van der Waals surface area contributed by atoms with Crippen LogP contribution in [0.5, 0.6) is 0 Å². The molecule has 0 fully saturated rings. The SMILES string of the molecule is CNC(CC(C)C)CC1Cc2ccccc21. The summed E-state index contributed by atoms with van der Waals surface area (Å²) < 4.78 is 0. The third-order valence-electron chi connectivity index (χ3n) is 3.69. The molecule has 2 unspecified atom stereocenters. The van der Waals surface area contributed by atoms with E-state index in [2.05, 4.69) is 50.5 Å². The predicted molar refractivity (Wildman–Crippen MR) is 69.8 cm³/mol. The largest absolute Gasteiger partial charge is 0.317 e. The fourth-order valence-electron chi connectivity index (χ4n) is 2.82. The van der Waals surface area contributed by atoms with Crippen LogP contribution in [-0.2, 0) is 6.42 Å². The molecule has 0 aromatic heterocycles. The summed E-state index contributed by atoms with van der Waals surface area (Å²) >= 11 is 0. The zero-order valence-corrected chi connectivity index (χ0v) is 10.7. The van der Waals surface area contributed by atoms with E-state index < -0.39 is 0 Å². The van der Waals surface area contributed by atoms with Crippen LogP contribution in [0.1, 0.15) is 43.7 Å². The summed E-state index contributed by atoms with van der Waals surface area (Å²) in [5.74, 6) is 1.58. The molecule has 1 aliphatic rings. The van der Waals surface area contributed by atoms with Crippen molar-refractivity contribution in [3.63, 3.8) is 0 Å². The normalized spacial score (nSPS) is 20.4. The van der Waals surface area contributed by atoms with Crippen LogP contribution in [0.4, 0.5) is 0 Å². The van der Waals surface area contributed by atoms with Gasteiger partial charge in [0.2, 0.25) is 0 Å². The van der Waals surface area contributed by atoms with Gasteiger partial charge < -0.3 is 5.32 Å². The standard InChI is InChI=1S/C15H23N/c1-11(2)8-14(16-3)10-13-9-12-6-4-5-7-15(12)13/h4-7,11,13-14,16H,8-10H2,1-3H3. The highest BCUT2D eigenvalue weighted by Crippen LogP contribution is 2.38. The van der Waals surface area contributed by atoms with Gasteiger partial charge in [0.25, 0.3) is 0 Å². The molecule has 1 aromatic rings. The first-order valence-corrected chi connectivity index (χ1v) is 6.45. The second-order valence-electron chi connectivity index (χ2n) is 5.45. The van der Waals surface area contributed by atoms with Crippen LogP contribution in [0.25, 0.3) is 0 Å². The summed E-state index contributed by atoms with van der Waals surface area (Å²) in [7, 11) is 2.09. The molecule has 1 aromatic carbocycles. The molecule has 0 heterocycles. The van der Waals surface area contributed by atoms with E-state index in [9.17, 15) is 0 Å². The molecule has 1 aliphatic carbocycles. The highest BCUT2D eigenvalue weighted by Gasteiger charge is 2.27. The third-order valence-corrected chi connectivity index (χ3v) is 3.69. The van der Waals surface area contributed by atoms with Crippen molar-refractivity contribution in [2.24, 2.45) is 5.92 Å². The van der Waals surface area contributed by atoms with Crippen molar-refractivity contribution in [2.75, 3.05) is 7.05 Å². The van der Waals surface area contributed by atoms with Crippen molar-refractivity contribution >= 4 is 0 Å². The number of nitrogens with one attached hydrogen (secondary N) is 1. The lowest BCUT2D eigenvalue weighted by Gasteiger charge is -2.33. The van der Waals surface area contributed by atoms with Crippen molar-refractivity contribution in [3.05, 3.63) is 35.4 Å². The average molecular weight is 217 g/mol. The van der Waals surface area contributed by atoms with E-state index in [1.807, 2.05) is 0 Å². The van der Waals surface area contributed by atoms with Crippen molar-refractivity contribution in [2.45, 2.75) is 45.1 Å². The summed E-state index contributed by atoms with van der Waals surface area (Å²) in [5, 5.41) is 3.46. The fourth-order valence-corrected chi connectivity index (χ4v) is 2.82. The van der Waals surface area contributed by atoms with Gasteiger partial charge in [0.1, 0.15) is 0 Å². The maximum atomic E-state index is 3.46. The van der Waals surface area contributed by atoms with Crippen molar-refractivity contribution < 1.29 is 0 Å². The van der Waals surface area contributed by atoms with Crippen LogP contribution in [-0.4, -0.2) is 13.1 Å². The minimum absolute atomic E-state index is 0.679. The molecule has 0 saturated heterocycles. The van der Waals surface area contributed by atoms with E-state index in [0.717, 1.165) is 11.8 Å². The highest BCUT2D eigenvalue weighted by atomic mass is 14.9. The third kappa shape index (κ3) is 2.46. The maximum absolute atomic E-state index is 3.46. The topological polar surface area (TPSA) is 12.0 Å². The second-order valence-corrected chi connectivity index (χ2v) is 5.45. The van der Waals surface area contributed by atoms with E-state index in [0.29, 0.717) is 6.04 Å². The molecule has 0 bridgehead atoms. The number of hydrogen-bond acceptors (Lipinski definition) is 1. The van der Waals surface area contributed by atoms with E-state index in [-0.39, 0.29) is 0 Å². The Labute approximate surface area is 99.3 Å². The Morgan fingerprint density at radius 2 is 2.06 bits per heavy atom. The van der Waals surface area contributed by atoms with Crippen LogP contribution in [0.3, 0.4) is 0 Å². The first-order valence-electron chi connectivity index (χ1n) is 6.45. The Bertz CT molecular complexity index is 343. The molecule has 1 heteroatoms. The Hall–Kier alpha value is -0.820. The van der Waals surface area contributed by atoms with Gasteiger partial charge in [-0.05, 0) is 49.3 Å². The van der Waals surface area contributed by atoms with Crippen LogP contribution in [0.2, 0.25) is 0 Å². The van der Waals surface area contributed by atoms with Crippen LogP contribution in [0.15, 0.2) is 24.3 Å². The van der Waals surface area contributed by atoms with Crippen molar-refractivity contribution in [1.29, 1.82) is 0 Å². The summed E-state index contributed by atoms with van der Waals surface area (Å²) in [4.78, 5) is 0. The van der Waals surface area contributed by atoms with E-state index >= 15 is 0 Å². The van der Waals surface area contributed by atoms with Crippen molar-refractivity contribution in [1.82, 2.24) is 5.32 Å². The molecule has 0 spiro atoms. The van der Waals surface area contributed by atoms with Gasteiger partial charge in [-0.25, -0.2) is 0 Å². The minimum Gasteiger partial charge on any atom is -0.317 e. The molecule has 88 valence electrons. The zero-order valence-electron chi connectivity index (χ0n) is 10.7. The fraction of sp³-hybridized carbons (Fsp3) is 0.600. The summed E-state index contributed by atoms with van der Waals surface area (Å²) in [6, 6.07) is 9.56. The molecule has 2 rings (SSSR count). The first kappa shape index (κ1) is 11.7. The van der Waals surface area contributed by atoms with E-state index in [1.54, 1.807) is 11.1 Å². The average Bonchev–Trinajstić information content (AvgIpc) is 2.23. The van der Waals surface area contributed by atoms with Gasteiger partial charge in [-0.3, -0.25) is 0 Å². The van der Waals surface area contributed by atoms with Gasteiger partial charge in [-0.1, -0.05) is 38.1 Å². The number of benzene rings is 1.